The molecule has 0 bridgehead atoms. The number of hydrogen-bond acceptors (Lipinski definition) is 4. The third-order valence-corrected chi connectivity index (χ3v) is 3.84. The van der Waals surface area contributed by atoms with Crippen molar-refractivity contribution in [1.29, 1.82) is 0 Å². The summed E-state index contributed by atoms with van der Waals surface area (Å²) in [5, 5.41) is 0. The highest BCUT2D eigenvalue weighted by Crippen LogP contribution is 2.17. The monoisotopic (exact) mass is 290 g/mol. The zero-order valence-electron chi connectivity index (χ0n) is 12.7. The third kappa shape index (κ3) is 3.51. The predicted octanol–water partition coefficient (Wildman–Crippen LogP) is 0.842. The van der Waals surface area contributed by atoms with Crippen LogP contribution in [0.1, 0.15) is 24.3 Å². The van der Waals surface area contributed by atoms with Gasteiger partial charge in [0, 0.05) is 51.2 Å². The van der Waals surface area contributed by atoms with Gasteiger partial charge in [0.05, 0.1) is 0 Å². The highest BCUT2D eigenvalue weighted by molar-refractivity contribution is 5.93. The summed E-state index contributed by atoms with van der Waals surface area (Å²) in [7, 11) is 0. The van der Waals surface area contributed by atoms with Gasteiger partial charge in [-0.05, 0) is 26.0 Å². The maximum absolute atomic E-state index is 12.3. The van der Waals surface area contributed by atoms with Crippen molar-refractivity contribution < 1.29 is 9.59 Å². The zero-order chi connectivity index (χ0) is 15.2. The lowest BCUT2D eigenvalue weighted by Crippen LogP contribution is -2.45. The molecule has 1 fully saturated rings. The van der Waals surface area contributed by atoms with Gasteiger partial charge in [-0.25, -0.2) is 0 Å². The van der Waals surface area contributed by atoms with Crippen LogP contribution in [0.25, 0.3) is 0 Å². The minimum absolute atomic E-state index is 0.0339. The third-order valence-electron chi connectivity index (χ3n) is 3.84. The Morgan fingerprint density at radius 3 is 2.52 bits per heavy atom. The number of hydrogen-bond donors (Lipinski definition) is 0. The predicted molar refractivity (Wildman–Crippen MR) is 81.3 cm³/mol. The van der Waals surface area contributed by atoms with E-state index in [2.05, 4.69) is 9.88 Å². The molecule has 2 rings (SSSR count). The first-order valence-electron chi connectivity index (χ1n) is 7.39. The minimum atomic E-state index is -0.0339. The van der Waals surface area contributed by atoms with Gasteiger partial charge in [-0.3, -0.25) is 14.6 Å². The zero-order valence-corrected chi connectivity index (χ0v) is 12.7. The summed E-state index contributed by atoms with van der Waals surface area (Å²) in [6.07, 6.45) is 2.57. The van der Waals surface area contributed by atoms with E-state index in [1.807, 2.05) is 26.0 Å². The van der Waals surface area contributed by atoms with E-state index in [1.54, 1.807) is 16.0 Å². The maximum atomic E-state index is 12.3. The lowest BCUT2D eigenvalue weighted by Gasteiger charge is -2.34. The van der Waals surface area contributed by atoms with Gasteiger partial charge in [0.2, 0.25) is 6.41 Å². The summed E-state index contributed by atoms with van der Waals surface area (Å²) in [6, 6.07) is 3.76. The lowest BCUT2D eigenvalue weighted by atomic mass is 10.2. The van der Waals surface area contributed by atoms with E-state index in [9.17, 15) is 9.59 Å². The van der Waals surface area contributed by atoms with Crippen LogP contribution in [0.2, 0.25) is 0 Å². The van der Waals surface area contributed by atoms with Crippen LogP contribution in [0.4, 0.5) is 5.69 Å². The van der Waals surface area contributed by atoms with Crippen LogP contribution in [-0.2, 0) is 4.79 Å². The molecule has 0 aliphatic carbocycles. The van der Waals surface area contributed by atoms with Gasteiger partial charge in [-0.2, -0.15) is 0 Å². The Hall–Kier alpha value is -2.11. The van der Waals surface area contributed by atoms with Gasteiger partial charge >= 0.3 is 0 Å². The summed E-state index contributed by atoms with van der Waals surface area (Å²) in [5.41, 5.74) is 1.47. The summed E-state index contributed by atoms with van der Waals surface area (Å²) in [5.74, 6) is -0.0339. The van der Waals surface area contributed by atoms with Crippen molar-refractivity contribution in [3.05, 3.63) is 24.0 Å². The second-order valence-corrected chi connectivity index (χ2v) is 5.01. The molecule has 1 aromatic rings. The second-order valence-electron chi connectivity index (χ2n) is 5.01. The Kier molecular flexibility index (Phi) is 5.14. The average Bonchev–Trinajstić information content (AvgIpc) is 2.56. The normalized spacial score (nSPS) is 15.0. The van der Waals surface area contributed by atoms with Gasteiger partial charge in [0.15, 0.2) is 0 Å². The molecule has 6 nitrogen and oxygen atoms in total. The van der Waals surface area contributed by atoms with Crippen molar-refractivity contribution in [2.75, 3.05) is 44.2 Å². The molecular formula is C15H22N4O2. The number of aromatic nitrogens is 1. The Balaban J connectivity index is 2.11. The minimum Gasteiger partial charge on any atom is -0.368 e. The van der Waals surface area contributed by atoms with E-state index in [0.29, 0.717) is 31.9 Å². The summed E-state index contributed by atoms with van der Waals surface area (Å²) < 4.78 is 0. The molecule has 21 heavy (non-hydrogen) atoms. The first-order valence-corrected chi connectivity index (χ1v) is 7.39. The first-order chi connectivity index (χ1) is 10.2. The van der Waals surface area contributed by atoms with E-state index in [4.69, 9.17) is 0 Å². The molecule has 6 heteroatoms. The molecule has 0 saturated carbocycles. The molecule has 0 aromatic carbocycles. The largest absolute Gasteiger partial charge is 0.368 e. The van der Waals surface area contributed by atoms with E-state index in [-0.39, 0.29) is 5.91 Å². The highest BCUT2D eigenvalue weighted by atomic mass is 16.2. The highest BCUT2D eigenvalue weighted by Gasteiger charge is 2.19. The molecule has 1 aliphatic heterocycles. The Morgan fingerprint density at radius 1 is 1.29 bits per heavy atom. The van der Waals surface area contributed by atoms with Gasteiger partial charge < -0.3 is 14.7 Å². The van der Waals surface area contributed by atoms with E-state index in [1.165, 1.54) is 0 Å². The molecule has 0 radical (unpaired) electrons. The van der Waals surface area contributed by atoms with Gasteiger partial charge in [0.25, 0.3) is 5.91 Å². The van der Waals surface area contributed by atoms with Crippen molar-refractivity contribution in [3.8, 4) is 0 Å². The van der Waals surface area contributed by atoms with Crippen LogP contribution in [0.5, 0.6) is 0 Å². The molecule has 2 heterocycles. The molecule has 0 atom stereocenters. The number of nitrogens with zero attached hydrogens (tertiary/aromatic N) is 4. The number of anilines is 1. The Morgan fingerprint density at radius 2 is 1.95 bits per heavy atom. The summed E-state index contributed by atoms with van der Waals surface area (Å²) in [6.45, 7) is 8.27. The lowest BCUT2D eigenvalue weighted by molar-refractivity contribution is -0.118. The molecule has 1 aromatic heterocycles. The molecule has 0 unspecified atom stereocenters. The maximum Gasteiger partial charge on any atom is 0.272 e. The van der Waals surface area contributed by atoms with Gasteiger partial charge in [0.1, 0.15) is 5.69 Å². The smallest absolute Gasteiger partial charge is 0.272 e. The fourth-order valence-corrected chi connectivity index (χ4v) is 2.49. The van der Waals surface area contributed by atoms with Crippen LogP contribution >= 0.6 is 0 Å². The standard InChI is InChI=1S/C15H22N4O2/c1-3-18(4-2)15(21)14-11-13(5-6-16-14)19-9-7-17(12-20)8-10-19/h5-6,11-12H,3-4,7-10H2,1-2H3. The number of pyridine rings is 1. The molecule has 0 spiro atoms. The van der Waals surface area contributed by atoms with Crippen LogP contribution in [0, 0.1) is 0 Å². The summed E-state index contributed by atoms with van der Waals surface area (Å²) in [4.78, 5) is 33.0. The molecule has 1 saturated heterocycles. The number of carbonyl (C=O) groups is 2. The Bertz CT molecular complexity index is 494. The van der Waals surface area contributed by atoms with Crippen molar-refractivity contribution in [2.24, 2.45) is 0 Å². The van der Waals surface area contributed by atoms with Gasteiger partial charge in [-0.1, -0.05) is 0 Å². The Labute approximate surface area is 125 Å². The molecule has 2 amide bonds. The summed E-state index contributed by atoms with van der Waals surface area (Å²) >= 11 is 0. The first kappa shape index (κ1) is 15.3. The number of carbonyl (C=O) groups excluding carboxylic acids is 2. The quantitative estimate of drug-likeness (QED) is 0.754. The van der Waals surface area contributed by atoms with Crippen LogP contribution in [0.3, 0.4) is 0 Å². The fraction of sp³-hybridized carbons (Fsp3) is 0.533. The second kappa shape index (κ2) is 7.06. The molecule has 1 aliphatic rings. The van der Waals surface area contributed by atoms with E-state index < -0.39 is 0 Å². The van der Waals surface area contributed by atoms with Crippen LogP contribution in [0.15, 0.2) is 18.3 Å². The molecule has 0 N–H and O–H groups in total. The van der Waals surface area contributed by atoms with Crippen molar-refractivity contribution in [1.82, 2.24) is 14.8 Å². The number of piperazine rings is 1. The van der Waals surface area contributed by atoms with Crippen LogP contribution < -0.4 is 4.90 Å². The number of rotatable bonds is 5. The molecular weight excluding hydrogens is 268 g/mol. The topological polar surface area (TPSA) is 56.8 Å². The van der Waals surface area contributed by atoms with Crippen molar-refractivity contribution >= 4 is 18.0 Å². The van der Waals surface area contributed by atoms with Crippen LogP contribution in [-0.4, -0.2) is 66.4 Å². The van der Waals surface area contributed by atoms with Crippen molar-refractivity contribution in [3.63, 3.8) is 0 Å². The fourth-order valence-electron chi connectivity index (χ4n) is 2.49. The van der Waals surface area contributed by atoms with E-state index in [0.717, 1.165) is 25.2 Å². The van der Waals surface area contributed by atoms with Crippen molar-refractivity contribution in [2.45, 2.75) is 13.8 Å². The average molecular weight is 290 g/mol. The SMILES string of the molecule is CCN(CC)C(=O)c1cc(N2CCN(C=O)CC2)ccn1. The van der Waals surface area contributed by atoms with E-state index >= 15 is 0 Å². The molecule has 114 valence electrons. The number of amides is 2. The van der Waals surface area contributed by atoms with Gasteiger partial charge in [-0.15, -0.1) is 0 Å².